The summed E-state index contributed by atoms with van der Waals surface area (Å²) in [5, 5.41) is 13.3. The van der Waals surface area contributed by atoms with Gasteiger partial charge in [0.25, 0.3) is 5.56 Å². The summed E-state index contributed by atoms with van der Waals surface area (Å²) < 4.78 is 47.4. The number of alkyl halides is 3. The maximum Gasteiger partial charge on any atom is 0.416 e. The van der Waals surface area contributed by atoms with Crippen LogP contribution in [0.5, 0.6) is 5.75 Å². The number of fused-ring (bicyclic) bond motifs is 1. The van der Waals surface area contributed by atoms with Crippen LogP contribution in [0.1, 0.15) is 41.3 Å². The molecule has 32 heavy (non-hydrogen) atoms. The minimum Gasteiger partial charge on any atom is -0.497 e. The molecule has 0 amide bonds. The van der Waals surface area contributed by atoms with Gasteiger partial charge in [-0.25, -0.2) is 9.36 Å². The van der Waals surface area contributed by atoms with Crippen molar-refractivity contribution >= 4 is 0 Å². The molecule has 0 saturated carbocycles. The summed E-state index contributed by atoms with van der Waals surface area (Å²) in [6.45, 7) is 0. The average molecular weight is 442 g/mol. The summed E-state index contributed by atoms with van der Waals surface area (Å²) in [4.78, 5) is 26.2. The van der Waals surface area contributed by atoms with Crippen LogP contribution in [0.4, 0.5) is 13.2 Å². The molecule has 1 atom stereocenters. The lowest BCUT2D eigenvalue weighted by Gasteiger charge is -2.29. The highest BCUT2D eigenvalue weighted by atomic mass is 19.4. The van der Waals surface area contributed by atoms with Crippen molar-refractivity contribution in [1.29, 1.82) is 5.26 Å². The smallest absolute Gasteiger partial charge is 0.416 e. The lowest BCUT2D eigenvalue weighted by Crippen LogP contribution is -2.45. The van der Waals surface area contributed by atoms with Gasteiger partial charge < -0.3 is 4.74 Å². The lowest BCUT2D eigenvalue weighted by molar-refractivity contribution is -0.138. The van der Waals surface area contributed by atoms with Crippen molar-refractivity contribution in [2.45, 2.75) is 31.5 Å². The summed E-state index contributed by atoms with van der Waals surface area (Å²) >= 11 is 0. The molecule has 0 fully saturated rings. The van der Waals surface area contributed by atoms with Gasteiger partial charge in [0.15, 0.2) is 0 Å². The molecule has 0 spiro atoms. The van der Waals surface area contributed by atoms with Gasteiger partial charge in [0.2, 0.25) is 5.69 Å². The molecule has 2 aromatic carbocycles. The fourth-order valence-electron chi connectivity index (χ4n) is 4.08. The Bertz CT molecular complexity index is 1330. The Kier molecular flexibility index (Phi) is 5.34. The first kappa shape index (κ1) is 21.4. The normalized spacial score (nSPS) is 15.7. The van der Waals surface area contributed by atoms with Crippen LogP contribution >= 0.6 is 0 Å². The van der Waals surface area contributed by atoms with E-state index in [0.717, 1.165) is 15.3 Å². The molecule has 1 aliphatic rings. The maximum atomic E-state index is 13.5. The van der Waals surface area contributed by atoms with Gasteiger partial charge in [-0.3, -0.25) is 4.79 Å². The molecule has 0 aliphatic heterocycles. The first-order valence-electron chi connectivity index (χ1n) is 9.75. The summed E-state index contributed by atoms with van der Waals surface area (Å²) in [6.07, 6.45) is -3.75. The van der Waals surface area contributed by atoms with Crippen LogP contribution < -0.4 is 16.0 Å². The van der Waals surface area contributed by atoms with Gasteiger partial charge in [-0.05, 0) is 60.7 Å². The number of hydrogen-bond donors (Lipinski definition) is 0. The largest absolute Gasteiger partial charge is 0.497 e. The molecular weight excluding hydrogens is 425 g/mol. The Morgan fingerprint density at radius 2 is 1.88 bits per heavy atom. The predicted molar refractivity (Wildman–Crippen MR) is 108 cm³/mol. The van der Waals surface area contributed by atoms with Gasteiger partial charge in [-0.15, -0.1) is 5.10 Å². The standard InChI is InChI=1S/C22H17F3N4O3/c1-32-14-10-8-13(9-11-14)29-21(31)28(20(30)18(12-26)27-29)19-7-3-4-15-16(19)5-2-6-17(15)22(23,24)25/h2,5-6,8-11,19H,3-4,7H2,1H3. The maximum absolute atomic E-state index is 13.5. The number of benzene rings is 2. The second kappa shape index (κ2) is 8.00. The highest BCUT2D eigenvalue weighted by molar-refractivity contribution is 5.42. The molecule has 1 heterocycles. The third-order valence-electron chi connectivity index (χ3n) is 5.52. The molecule has 0 radical (unpaired) electrons. The Balaban J connectivity index is 1.95. The van der Waals surface area contributed by atoms with E-state index in [-0.39, 0.29) is 29.7 Å². The van der Waals surface area contributed by atoms with Crippen molar-refractivity contribution in [3.63, 3.8) is 0 Å². The van der Waals surface area contributed by atoms with E-state index >= 15 is 0 Å². The molecule has 0 bridgehead atoms. The Hall–Kier alpha value is -3.87. The van der Waals surface area contributed by atoms with Gasteiger partial charge in [-0.2, -0.15) is 23.1 Å². The van der Waals surface area contributed by atoms with Crippen LogP contribution in [0.3, 0.4) is 0 Å². The second-order valence-electron chi connectivity index (χ2n) is 7.31. The van der Waals surface area contributed by atoms with Crippen LogP contribution in [-0.4, -0.2) is 21.5 Å². The molecule has 0 saturated heterocycles. The number of methoxy groups -OCH3 is 1. The molecule has 164 valence electrons. The quantitative estimate of drug-likeness (QED) is 0.621. The van der Waals surface area contributed by atoms with Gasteiger partial charge in [0.1, 0.15) is 11.8 Å². The van der Waals surface area contributed by atoms with Crippen molar-refractivity contribution in [2.24, 2.45) is 0 Å². The predicted octanol–water partition coefficient (Wildman–Crippen LogP) is 3.22. The molecule has 1 unspecified atom stereocenters. The van der Waals surface area contributed by atoms with E-state index in [1.807, 2.05) is 0 Å². The van der Waals surface area contributed by atoms with E-state index in [9.17, 15) is 28.0 Å². The number of aromatic nitrogens is 3. The Morgan fingerprint density at radius 3 is 2.50 bits per heavy atom. The van der Waals surface area contributed by atoms with Crippen LogP contribution in [0.15, 0.2) is 52.1 Å². The zero-order valence-corrected chi connectivity index (χ0v) is 16.9. The fraction of sp³-hybridized carbons (Fsp3) is 0.273. The van der Waals surface area contributed by atoms with Crippen LogP contribution in [0, 0.1) is 11.3 Å². The summed E-state index contributed by atoms with van der Waals surface area (Å²) in [6, 6.07) is 10.7. The molecule has 1 aromatic heterocycles. The van der Waals surface area contributed by atoms with Gasteiger partial charge >= 0.3 is 11.9 Å². The van der Waals surface area contributed by atoms with Crippen molar-refractivity contribution in [3.05, 3.63) is 85.7 Å². The zero-order chi connectivity index (χ0) is 23.0. The van der Waals surface area contributed by atoms with Crippen molar-refractivity contribution in [1.82, 2.24) is 14.3 Å². The Morgan fingerprint density at radius 1 is 1.16 bits per heavy atom. The van der Waals surface area contributed by atoms with Crippen molar-refractivity contribution in [2.75, 3.05) is 7.11 Å². The first-order valence-corrected chi connectivity index (χ1v) is 9.75. The SMILES string of the molecule is COc1ccc(-n2nc(C#N)c(=O)n(C3CCCc4c3cccc4C(F)(F)F)c2=O)cc1. The van der Waals surface area contributed by atoms with E-state index < -0.39 is 34.7 Å². The fourth-order valence-corrected chi connectivity index (χ4v) is 4.08. The molecule has 0 N–H and O–H groups in total. The highest BCUT2D eigenvalue weighted by Crippen LogP contribution is 2.40. The molecule has 4 rings (SSSR count). The monoisotopic (exact) mass is 442 g/mol. The first-order chi connectivity index (χ1) is 15.3. The minimum atomic E-state index is -4.56. The Labute approximate surface area is 179 Å². The summed E-state index contributed by atoms with van der Waals surface area (Å²) in [5.41, 5.74) is -2.49. The minimum absolute atomic E-state index is 0.0638. The number of nitrogens with zero attached hydrogens (tertiary/aromatic N) is 4. The van der Waals surface area contributed by atoms with Crippen LogP contribution in [0.2, 0.25) is 0 Å². The molecule has 3 aromatic rings. The van der Waals surface area contributed by atoms with Crippen molar-refractivity contribution in [3.8, 4) is 17.5 Å². The third-order valence-corrected chi connectivity index (χ3v) is 5.52. The van der Waals surface area contributed by atoms with Crippen molar-refractivity contribution < 1.29 is 17.9 Å². The van der Waals surface area contributed by atoms with Gasteiger partial charge in [0, 0.05) is 0 Å². The number of halogens is 3. The van der Waals surface area contributed by atoms with E-state index in [0.29, 0.717) is 12.2 Å². The third kappa shape index (κ3) is 3.56. The zero-order valence-electron chi connectivity index (χ0n) is 16.9. The number of nitriles is 1. The van der Waals surface area contributed by atoms with E-state index in [1.165, 1.54) is 31.4 Å². The second-order valence-corrected chi connectivity index (χ2v) is 7.31. The lowest BCUT2D eigenvalue weighted by atomic mass is 9.84. The van der Waals surface area contributed by atoms with E-state index in [1.54, 1.807) is 18.2 Å². The molecular formula is C22H17F3N4O3. The molecule has 10 heteroatoms. The van der Waals surface area contributed by atoms with Gasteiger partial charge in [0.05, 0.1) is 24.4 Å². The van der Waals surface area contributed by atoms with E-state index in [4.69, 9.17) is 4.74 Å². The topological polar surface area (TPSA) is 89.9 Å². The number of hydrogen-bond acceptors (Lipinski definition) is 5. The summed E-state index contributed by atoms with van der Waals surface area (Å²) in [7, 11) is 1.48. The molecule has 1 aliphatic carbocycles. The summed E-state index contributed by atoms with van der Waals surface area (Å²) in [5.74, 6) is 0.525. The number of ether oxygens (including phenoxy) is 1. The number of rotatable bonds is 3. The van der Waals surface area contributed by atoms with Crippen LogP contribution in [-0.2, 0) is 12.6 Å². The van der Waals surface area contributed by atoms with E-state index in [2.05, 4.69) is 5.10 Å². The highest BCUT2D eigenvalue weighted by Gasteiger charge is 2.37. The molecule has 7 nitrogen and oxygen atoms in total. The average Bonchev–Trinajstić information content (AvgIpc) is 2.78. The van der Waals surface area contributed by atoms with Crippen LogP contribution in [0.25, 0.3) is 5.69 Å². The van der Waals surface area contributed by atoms with Gasteiger partial charge in [-0.1, -0.05) is 12.1 Å².